The fraction of sp³-hybridized carbons (Fsp3) is 0.333. The van der Waals surface area contributed by atoms with Crippen molar-refractivity contribution in [1.82, 2.24) is 15.6 Å². The predicted octanol–water partition coefficient (Wildman–Crippen LogP) is 3.06. The van der Waals surface area contributed by atoms with Crippen LogP contribution in [-0.2, 0) is 12.8 Å². The summed E-state index contributed by atoms with van der Waals surface area (Å²) in [7, 11) is 0. The minimum absolute atomic E-state index is 0.108. The molecule has 5 heteroatoms. The number of benzene rings is 1. The van der Waals surface area contributed by atoms with Gasteiger partial charge in [0, 0.05) is 18.9 Å². The molecule has 1 aromatic carbocycles. The van der Waals surface area contributed by atoms with Gasteiger partial charge in [0.1, 0.15) is 5.82 Å². The van der Waals surface area contributed by atoms with Crippen LogP contribution in [0.2, 0.25) is 0 Å². The minimum atomic E-state index is -0.209. The van der Waals surface area contributed by atoms with Gasteiger partial charge in [-0.3, -0.25) is 4.98 Å². The van der Waals surface area contributed by atoms with Gasteiger partial charge in [-0.2, -0.15) is 0 Å². The molecule has 2 aromatic rings. The number of nitrogens with zero attached hydrogens (tertiary/aromatic N) is 1. The van der Waals surface area contributed by atoms with Crippen LogP contribution in [-0.4, -0.2) is 17.6 Å². The number of fused-ring (bicyclic) bond motifs is 1. The molecule has 0 aliphatic heterocycles. The van der Waals surface area contributed by atoms with Gasteiger partial charge in [-0.1, -0.05) is 12.1 Å². The summed E-state index contributed by atoms with van der Waals surface area (Å²) < 4.78 is 13.7. The average Bonchev–Trinajstić information content (AvgIpc) is 2.94. The molecule has 1 heterocycles. The van der Waals surface area contributed by atoms with Crippen LogP contribution in [0.15, 0.2) is 36.7 Å². The van der Waals surface area contributed by atoms with Crippen LogP contribution in [0.1, 0.15) is 34.7 Å². The molecule has 0 spiro atoms. The van der Waals surface area contributed by atoms with Crippen LogP contribution in [0.5, 0.6) is 0 Å². The van der Waals surface area contributed by atoms with Gasteiger partial charge in [-0.15, -0.1) is 0 Å². The van der Waals surface area contributed by atoms with Crippen molar-refractivity contribution < 1.29 is 9.18 Å². The van der Waals surface area contributed by atoms with Gasteiger partial charge in [0.2, 0.25) is 0 Å². The Balaban J connectivity index is 1.52. The molecule has 1 atom stereocenters. The number of urea groups is 1. The lowest BCUT2D eigenvalue weighted by atomic mass is 10.1. The molecule has 0 radical (unpaired) electrons. The zero-order valence-electron chi connectivity index (χ0n) is 13.1. The second-order valence-electron chi connectivity index (χ2n) is 5.85. The van der Waals surface area contributed by atoms with Gasteiger partial charge in [0.05, 0.1) is 6.04 Å². The van der Waals surface area contributed by atoms with E-state index in [2.05, 4.69) is 15.6 Å². The van der Waals surface area contributed by atoms with E-state index >= 15 is 0 Å². The maximum absolute atomic E-state index is 13.7. The summed E-state index contributed by atoms with van der Waals surface area (Å²) >= 11 is 0. The molecular formula is C18H20FN3O. The Kier molecular flexibility index (Phi) is 4.55. The first kappa shape index (κ1) is 15.5. The number of carbonyl (C=O) groups excluding carboxylic acids is 1. The summed E-state index contributed by atoms with van der Waals surface area (Å²) in [5, 5.41) is 5.80. The molecule has 2 amide bonds. The van der Waals surface area contributed by atoms with Crippen molar-refractivity contribution in [3.8, 4) is 0 Å². The summed E-state index contributed by atoms with van der Waals surface area (Å²) in [6.45, 7) is 2.56. The second kappa shape index (κ2) is 6.77. The zero-order chi connectivity index (χ0) is 16.2. The van der Waals surface area contributed by atoms with Gasteiger partial charge in [-0.25, -0.2) is 9.18 Å². The van der Waals surface area contributed by atoms with E-state index in [9.17, 15) is 9.18 Å². The molecule has 0 saturated heterocycles. The molecule has 0 bridgehead atoms. The first-order valence-electron chi connectivity index (χ1n) is 7.86. The molecule has 0 unspecified atom stereocenters. The number of nitrogens with one attached hydrogen (secondary N) is 2. The van der Waals surface area contributed by atoms with E-state index in [0.29, 0.717) is 13.0 Å². The molecule has 23 heavy (non-hydrogen) atoms. The van der Waals surface area contributed by atoms with Crippen molar-refractivity contribution in [3.63, 3.8) is 0 Å². The van der Waals surface area contributed by atoms with Crippen LogP contribution >= 0.6 is 0 Å². The SMILES string of the molecule is Cc1cnccc1CCNC(=O)N[C@@H]1CCc2c(F)cccc21. The molecule has 0 fully saturated rings. The fourth-order valence-corrected chi connectivity index (χ4v) is 3.06. The number of halogens is 1. The van der Waals surface area contributed by atoms with Gasteiger partial charge in [0.25, 0.3) is 0 Å². The fourth-order valence-electron chi connectivity index (χ4n) is 3.06. The Morgan fingerprint density at radius 2 is 2.26 bits per heavy atom. The van der Waals surface area contributed by atoms with E-state index in [1.807, 2.05) is 25.3 Å². The third-order valence-electron chi connectivity index (χ3n) is 4.34. The number of amides is 2. The summed E-state index contributed by atoms with van der Waals surface area (Å²) in [5.41, 5.74) is 3.92. The van der Waals surface area contributed by atoms with Gasteiger partial charge in [-0.05, 0) is 60.6 Å². The predicted molar refractivity (Wildman–Crippen MR) is 86.7 cm³/mol. The summed E-state index contributed by atoms with van der Waals surface area (Å²) in [4.78, 5) is 16.1. The normalized spacial score (nSPS) is 16.0. The number of aromatic nitrogens is 1. The first-order chi connectivity index (χ1) is 11.1. The largest absolute Gasteiger partial charge is 0.338 e. The smallest absolute Gasteiger partial charge is 0.315 e. The lowest BCUT2D eigenvalue weighted by Gasteiger charge is -2.15. The van der Waals surface area contributed by atoms with Gasteiger partial charge < -0.3 is 10.6 Å². The Morgan fingerprint density at radius 1 is 1.39 bits per heavy atom. The molecule has 4 nitrogen and oxygen atoms in total. The molecule has 120 valence electrons. The number of pyridine rings is 1. The molecule has 1 aliphatic rings. The molecule has 1 aromatic heterocycles. The van der Waals surface area contributed by atoms with Crippen molar-refractivity contribution in [2.24, 2.45) is 0 Å². The van der Waals surface area contributed by atoms with Crippen molar-refractivity contribution >= 4 is 6.03 Å². The van der Waals surface area contributed by atoms with Crippen molar-refractivity contribution in [2.75, 3.05) is 6.54 Å². The van der Waals surface area contributed by atoms with Crippen LogP contribution in [0.3, 0.4) is 0 Å². The quantitative estimate of drug-likeness (QED) is 0.911. The van der Waals surface area contributed by atoms with Crippen LogP contribution in [0.25, 0.3) is 0 Å². The Bertz CT molecular complexity index is 717. The first-order valence-corrected chi connectivity index (χ1v) is 7.86. The molecule has 0 saturated carbocycles. The lowest BCUT2D eigenvalue weighted by Crippen LogP contribution is -2.38. The van der Waals surface area contributed by atoms with Gasteiger partial charge in [0.15, 0.2) is 0 Å². The van der Waals surface area contributed by atoms with Crippen molar-refractivity contribution in [1.29, 1.82) is 0 Å². The highest BCUT2D eigenvalue weighted by Gasteiger charge is 2.25. The number of hydrogen-bond acceptors (Lipinski definition) is 2. The van der Waals surface area contributed by atoms with Crippen LogP contribution < -0.4 is 10.6 Å². The third kappa shape index (κ3) is 3.50. The third-order valence-corrected chi connectivity index (χ3v) is 4.34. The Hall–Kier alpha value is -2.43. The van der Waals surface area contributed by atoms with Gasteiger partial charge >= 0.3 is 6.03 Å². The van der Waals surface area contributed by atoms with Crippen LogP contribution in [0, 0.1) is 12.7 Å². The zero-order valence-corrected chi connectivity index (χ0v) is 13.1. The number of hydrogen-bond donors (Lipinski definition) is 2. The highest BCUT2D eigenvalue weighted by molar-refractivity contribution is 5.74. The summed E-state index contributed by atoms with van der Waals surface area (Å²) in [5.74, 6) is -0.180. The highest BCUT2D eigenvalue weighted by atomic mass is 19.1. The monoisotopic (exact) mass is 313 g/mol. The average molecular weight is 313 g/mol. The van der Waals surface area contributed by atoms with E-state index in [1.165, 1.54) is 11.6 Å². The Morgan fingerprint density at radius 3 is 3.09 bits per heavy atom. The Labute approximate surface area is 135 Å². The van der Waals surface area contributed by atoms with E-state index in [1.54, 1.807) is 12.3 Å². The maximum atomic E-state index is 13.7. The highest BCUT2D eigenvalue weighted by Crippen LogP contribution is 2.32. The van der Waals surface area contributed by atoms with Crippen molar-refractivity contribution in [2.45, 2.75) is 32.2 Å². The topological polar surface area (TPSA) is 54.0 Å². The number of rotatable bonds is 4. The lowest BCUT2D eigenvalue weighted by molar-refractivity contribution is 0.237. The van der Waals surface area contributed by atoms with E-state index in [-0.39, 0.29) is 17.9 Å². The minimum Gasteiger partial charge on any atom is -0.338 e. The number of aryl methyl sites for hydroxylation is 1. The molecule has 1 aliphatic carbocycles. The standard InChI is InChI=1S/C18H20FN3O/c1-12-11-20-9-7-13(12)8-10-21-18(23)22-17-6-5-14-15(17)3-2-4-16(14)19/h2-4,7,9,11,17H,5-6,8,10H2,1H3,(H2,21,22,23)/t17-/m1/s1. The molecular weight excluding hydrogens is 293 g/mol. The number of carbonyl (C=O) groups is 1. The summed E-state index contributed by atoms with van der Waals surface area (Å²) in [6.07, 6.45) is 5.75. The van der Waals surface area contributed by atoms with E-state index < -0.39 is 0 Å². The summed E-state index contributed by atoms with van der Waals surface area (Å²) in [6, 6.07) is 6.69. The van der Waals surface area contributed by atoms with Crippen molar-refractivity contribution in [3.05, 3.63) is 64.7 Å². The second-order valence-corrected chi connectivity index (χ2v) is 5.85. The van der Waals surface area contributed by atoms with E-state index in [0.717, 1.165) is 29.5 Å². The molecule has 2 N–H and O–H groups in total. The maximum Gasteiger partial charge on any atom is 0.315 e. The van der Waals surface area contributed by atoms with Crippen LogP contribution in [0.4, 0.5) is 9.18 Å². The van der Waals surface area contributed by atoms with E-state index in [4.69, 9.17) is 0 Å². The molecule has 3 rings (SSSR count).